The summed E-state index contributed by atoms with van der Waals surface area (Å²) >= 11 is 6.51. The highest BCUT2D eigenvalue weighted by Crippen LogP contribution is 2.41. The second-order valence-electron chi connectivity index (χ2n) is 9.26. The Morgan fingerprint density at radius 1 is 1.03 bits per heavy atom. The molecule has 3 heterocycles. The summed E-state index contributed by atoms with van der Waals surface area (Å²) in [6.45, 7) is 4.77. The van der Waals surface area contributed by atoms with Crippen molar-refractivity contribution in [3.63, 3.8) is 0 Å². The van der Waals surface area contributed by atoms with E-state index in [1.165, 1.54) is 21.3 Å². The highest BCUT2D eigenvalue weighted by molar-refractivity contribution is 6.32. The average Bonchev–Trinajstić information content (AvgIpc) is 3.20. The van der Waals surface area contributed by atoms with Crippen molar-refractivity contribution in [3.05, 3.63) is 82.4 Å². The molecule has 0 bridgehead atoms. The number of anilines is 1. The molecule has 0 saturated carbocycles. The first-order valence-corrected chi connectivity index (χ1v) is 12.1. The molecule has 0 radical (unpaired) electrons. The summed E-state index contributed by atoms with van der Waals surface area (Å²) in [5, 5.41) is 11.5. The molecule has 1 saturated heterocycles. The van der Waals surface area contributed by atoms with Crippen LogP contribution in [-0.2, 0) is 7.05 Å². The summed E-state index contributed by atoms with van der Waals surface area (Å²) in [4.78, 5) is 21.3. The van der Waals surface area contributed by atoms with Crippen LogP contribution in [0, 0.1) is 5.82 Å². The Hall–Kier alpha value is -3.62. The molecular weight excluding hydrogens is 481 g/mol. The molecule has 4 aromatic rings. The number of hydrogen-bond acceptors (Lipinski definition) is 5. The topological polar surface area (TPSA) is 66.5 Å². The highest BCUT2D eigenvalue weighted by Gasteiger charge is 2.22. The summed E-state index contributed by atoms with van der Waals surface area (Å²) in [5.41, 5.74) is 2.16. The Bertz CT molecular complexity index is 1500. The standard InChI is InChI=1S/C27H27ClFN5O2/c1-17-16-33(10-8-31(17)2)25-13-19(6-7-30-25)22-15-20(29)14-21(26(22)35)18-4-5-24(23(28)12-18)34-11-9-32(3)27(34)36/h4-7,9,11-15,17,35H,8,10,16H2,1-3H3/t17-/m1/s1. The first kappa shape index (κ1) is 24.1. The van der Waals surface area contributed by atoms with Gasteiger partial charge in [-0.2, -0.15) is 0 Å². The Morgan fingerprint density at radius 2 is 1.75 bits per heavy atom. The van der Waals surface area contributed by atoms with Gasteiger partial charge in [-0.15, -0.1) is 0 Å². The zero-order chi connectivity index (χ0) is 25.6. The van der Waals surface area contributed by atoms with Crippen molar-refractivity contribution in [3.8, 4) is 33.7 Å². The fraction of sp³-hybridized carbons (Fsp3) is 0.259. The minimum Gasteiger partial charge on any atom is -0.507 e. The van der Waals surface area contributed by atoms with Crippen LogP contribution in [0.25, 0.3) is 27.9 Å². The quantitative estimate of drug-likeness (QED) is 0.439. The zero-order valence-corrected chi connectivity index (χ0v) is 21.1. The molecule has 1 aliphatic heterocycles. The molecule has 0 unspecified atom stereocenters. The van der Waals surface area contributed by atoms with Gasteiger partial charge in [0.2, 0.25) is 0 Å². The molecule has 5 rings (SSSR count). The van der Waals surface area contributed by atoms with E-state index in [1.807, 2.05) is 6.07 Å². The smallest absolute Gasteiger partial charge is 0.332 e. The Kier molecular flexibility index (Phi) is 6.32. The van der Waals surface area contributed by atoms with Gasteiger partial charge in [-0.05, 0) is 61.5 Å². The van der Waals surface area contributed by atoms with Crippen molar-refractivity contribution in [2.24, 2.45) is 7.05 Å². The molecular formula is C27H27ClFN5O2. The molecule has 1 atom stereocenters. The predicted molar refractivity (Wildman–Crippen MR) is 141 cm³/mol. The predicted octanol–water partition coefficient (Wildman–Crippen LogP) is 4.54. The van der Waals surface area contributed by atoms with Crippen LogP contribution in [0.2, 0.25) is 5.02 Å². The molecule has 9 heteroatoms. The van der Waals surface area contributed by atoms with Gasteiger partial charge in [0, 0.05) is 62.4 Å². The lowest BCUT2D eigenvalue weighted by Crippen LogP contribution is -2.50. The molecule has 0 aliphatic carbocycles. The number of nitrogens with zero attached hydrogens (tertiary/aromatic N) is 5. The fourth-order valence-electron chi connectivity index (χ4n) is 4.57. The van der Waals surface area contributed by atoms with Gasteiger partial charge in [0.05, 0.1) is 10.7 Å². The number of aromatic nitrogens is 3. The van der Waals surface area contributed by atoms with Gasteiger partial charge in [0.25, 0.3) is 0 Å². The van der Waals surface area contributed by atoms with Gasteiger partial charge in [-0.1, -0.05) is 17.7 Å². The van der Waals surface area contributed by atoms with E-state index in [0.29, 0.717) is 39.0 Å². The second kappa shape index (κ2) is 9.44. The summed E-state index contributed by atoms with van der Waals surface area (Å²) in [5.74, 6) is 0.253. The summed E-state index contributed by atoms with van der Waals surface area (Å²) in [6, 6.07) is 11.7. The third-order valence-electron chi connectivity index (χ3n) is 6.88. The lowest BCUT2D eigenvalue weighted by Gasteiger charge is -2.38. The number of hydrogen-bond donors (Lipinski definition) is 1. The van der Waals surface area contributed by atoms with Gasteiger partial charge < -0.3 is 19.5 Å². The molecule has 0 amide bonds. The van der Waals surface area contributed by atoms with E-state index in [4.69, 9.17) is 11.6 Å². The molecule has 36 heavy (non-hydrogen) atoms. The van der Waals surface area contributed by atoms with Crippen molar-refractivity contribution in [1.82, 2.24) is 19.0 Å². The van der Waals surface area contributed by atoms with Crippen molar-refractivity contribution >= 4 is 17.4 Å². The number of rotatable bonds is 4. The second-order valence-corrected chi connectivity index (χ2v) is 9.66. The number of phenols is 1. The molecule has 2 aromatic carbocycles. The normalized spacial score (nSPS) is 16.5. The first-order valence-electron chi connectivity index (χ1n) is 11.7. The molecule has 186 valence electrons. The first-order chi connectivity index (χ1) is 17.2. The van der Waals surface area contributed by atoms with E-state index in [9.17, 15) is 14.3 Å². The lowest BCUT2D eigenvalue weighted by molar-refractivity contribution is 0.233. The van der Waals surface area contributed by atoms with Crippen LogP contribution < -0.4 is 10.6 Å². The third kappa shape index (κ3) is 4.38. The number of likely N-dealkylation sites (N-methyl/N-ethyl adjacent to an activating group) is 1. The largest absolute Gasteiger partial charge is 0.507 e. The highest BCUT2D eigenvalue weighted by atomic mass is 35.5. The number of benzene rings is 2. The van der Waals surface area contributed by atoms with Crippen LogP contribution in [-0.4, -0.2) is 56.8 Å². The third-order valence-corrected chi connectivity index (χ3v) is 7.18. The monoisotopic (exact) mass is 507 g/mol. The van der Waals surface area contributed by atoms with Crippen LogP contribution in [0.15, 0.2) is 65.8 Å². The van der Waals surface area contributed by atoms with E-state index in [1.54, 1.807) is 49.9 Å². The number of aryl methyl sites for hydroxylation is 1. The van der Waals surface area contributed by atoms with Crippen molar-refractivity contribution < 1.29 is 9.50 Å². The minimum atomic E-state index is -0.483. The number of aromatic hydroxyl groups is 1. The molecule has 1 fully saturated rings. The Balaban J connectivity index is 1.52. The molecule has 2 aromatic heterocycles. The van der Waals surface area contributed by atoms with Crippen LogP contribution in [0.3, 0.4) is 0 Å². The maximum atomic E-state index is 14.8. The lowest BCUT2D eigenvalue weighted by atomic mass is 9.97. The number of pyridine rings is 1. The van der Waals surface area contributed by atoms with Crippen molar-refractivity contribution in [2.45, 2.75) is 13.0 Å². The van der Waals surface area contributed by atoms with Gasteiger partial charge in [-0.25, -0.2) is 14.2 Å². The van der Waals surface area contributed by atoms with E-state index in [-0.39, 0.29) is 11.4 Å². The van der Waals surface area contributed by atoms with Gasteiger partial charge in [0.1, 0.15) is 17.4 Å². The van der Waals surface area contributed by atoms with E-state index < -0.39 is 5.82 Å². The minimum absolute atomic E-state index is 0.0546. The number of phenolic OH excluding ortho intramolecular Hbond substituents is 1. The summed E-state index contributed by atoms with van der Waals surface area (Å²) in [7, 11) is 3.76. The zero-order valence-electron chi connectivity index (χ0n) is 20.3. The summed E-state index contributed by atoms with van der Waals surface area (Å²) in [6.07, 6.45) is 4.95. The molecule has 1 N–H and O–H groups in total. The van der Waals surface area contributed by atoms with Crippen LogP contribution in [0.1, 0.15) is 6.92 Å². The Morgan fingerprint density at radius 3 is 2.39 bits per heavy atom. The van der Waals surface area contributed by atoms with E-state index >= 15 is 0 Å². The summed E-state index contributed by atoms with van der Waals surface area (Å²) < 4.78 is 17.7. The van der Waals surface area contributed by atoms with E-state index in [2.05, 4.69) is 28.8 Å². The SMILES string of the molecule is C[C@@H]1CN(c2cc(-c3cc(F)cc(-c4ccc(-n5ccn(C)c5=O)c(Cl)c4)c3O)ccn2)CCN1C. The molecule has 7 nitrogen and oxygen atoms in total. The molecule has 0 spiro atoms. The van der Waals surface area contributed by atoms with Crippen molar-refractivity contribution in [2.75, 3.05) is 31.6 Å². The van der Waals surface area contributed by atoms with Crippen LogP contribution in [0.4, 0.5) is 10.2 Å². The maximum Gasteiger partial charge on any atom is 0.332 e. The van der Waals surface area contributed by atoms with Crippen LogP contribution in [0.5, 0.6) is 5.75 Å². The van der Waals surface area contributed by atoms with Gasteiger partial charge >= 0.3 is 5.69 Å². The number of piperazine rings is 1. The molecule has 1 aliphatic rings. The van der Waals surface area contributed by atoms with Gasteiger partial charge in [-0.3, -0.25) is 4.57 Å². The Labute approximate surface area is 213 Å². The maximum absolute atomic E-state index is 14.8. The van der Waals surface area contributed by atoms with Crippen molar-refractivity contribution in [1.29, 1.82) is 0 Å². The number of halogens is 2. The van der Waals surface area contributed by atoms with Crippen LogP contribution >= 0.6 is 11.6 Å². The fourth-order valence-corrected chi connectivity index (χ4v) is 4.84. The van der Waals surface area contributed by atoms with E-state index in [0.717, 1.165) is 25.5 Å². The van der Waals surface area contributed by atoms with Gasteiger partial charge in [0.15, 0.2) is 0 Å². The number of imidazole rings is 1. The average molecular weight is 508 g/mol.